The Bertz CT molecular complexity index is 1350. The fraction of sp³-hybridized carbons (Fsp3) is 0.375. The molecule has 2 N–H and O–H groups in total. The molecule has 186 valence electrons. The Balaban J connectivity index is 1.83. The summed E-state index contributed by atoms with van der Waals surface area (Å²) < 4.78 is 55.6. The number of nitrogens with two attached hydrogens (primary N) is 1. The van der Waals surface area contributed by atoms with Gasteiger partial charge in [0.1, 0.15) is 27.6 Å². The highest BCUT2D eigenvalue weighted by Crippen LogP contribution is 2.52. The van der Waals surface area contributed by atoms with Crippen LogP contribution in [-0.4, -0.2) is 59.2 Å². The lowest BCUT2D eigenvalue weighted by Gasteiger charge is -2.48. The van der Waals surface area contributed by atoms with Crippen LogP contribution in [0.15, 0.2) is 53.8 Å². The molecule has 2 aromatic rings. The van der Waals surface area contributed by atoms with Crippen molar-refractivity contribution < 1.29 is 22.0 Å². The summed E-state index contributed by atoms with van der Waals surface area (Å²) in [5.41, 5.74) is 5.66. The SMILES string of the molecule is C=C(C)N1CCC2(C1)[C@@](C)(c1cc(CC(=O)c3ccc(F)cn3)ccc1F)N=C(N)N(C)S2(=O)=O. The summed E-state index contributed by atoms with van der Waals surface area (Å²) in [7, 11) is -2.72. The summed E-state index contributed by atoms with van der Waals surface area (Å²) in [5, 5.41) is 0. The summed E-state index contributed by atoms with van der Waals surface area (Å²) in [6.07, 6.45) is 0.989. The molecule has 1 saturated heterocycles. The van der Waals surface area contributed by atoms with Crippen molar-refractivity contribution in [3.8, 4) is 0 Å². The predicted molar refractivity (Wildman–Crippen MR) is 128 cm³/mol. The van der Waals surface area contributed by atoms with Crippen molar-refractivity contribution >= 4 is 21.8 Å². The number of likely N-dealkylation sites (tertiary alicyclic amines) is 1. The Kier molecular flexibility index (Phi) is 5.95. The highest BCUT2D eigenvalue weighted by molar-refractivity contribution is 7.91. The highest BCUT2D eigenvalue weighted by Gasteiger charge is 2.66. The second-order valence-electron chi connectivity index (χ2n) is 9.19. The quantitative estimate of drug-likeness (QED) is 0.629. The molecule has 2 atom stereocenters. The van der Waals surface area contributed by atoms with Gasteiger partial charge in [-0.25, -0.2) is 26.5 Å². The topological polar surface area (TPSA) is 109 Å². The number of halogens is 2. The molecule has 35 heavy (non-hydrogen) atoms. The molecule has 1 fully saturated rings. The Morgan fingerprint density at radius 3 is 2.57 bits per heavy atom. The lowest BCUT2D eigenvalue weighted by molar-refractivity contribution is 0.0988. The number of carbonyl (C=O) groups is 1. The molecule has 3 heterocycles. The van der Waals surface area contributed by atoms with Crippen molar-refractivity contribution in [2.24, 2.45) is 10.7 Å². The highest BCUT2D eigenvalue weighted by atomic mass is 32.2. The molecule has 8 nitrogen and oxygen atoms in total. The number of ketones is 1. The largest absolute Gasteiger partial charge is 0.374 e. The van der Waals surface area contributed by atoms with Gasteiger partial charge in [0.2, 0.25) is 16.0 Å². The third kappa shape index (κ3) is 3.78. The van der Waals surface area contributed by atoms with Crippen molar-refractivity contribution in [1.29, 1.82) is 0 Å². The minimum Gasteiger partial charge on any atom is -0.374 e. The number of sulfonamides is 1. The summed E-state index contributed by atoms with van der Waals surface area (Å²) in [5.74, 6) is -1.87. The molecule has 1 aromatic heterocycles. The molecule has 0 saturated carbocycles. The number of guanidine groups is 1. The number of hydrogen-bond donors (Lipinski definition) is 1. The molecule has 1 aromatic carbocycles. The van der Waals surface area contributed by atoms with Gasteiger partial charge in [-0.3, -0.25) is 9.78 Å². The molecule has 1 unspecified atom stereocenters. The number of Topliss-reactive ketones (excluding diaryl/α,β-unsaturated/α-hetero) is 1. The van der Waals surface area contributed by atoms with E-state index in [1.165, 1.54) is 31.3 Å². The van der Waals surface area contributed by atoms with Gasteiger partial charge in [0, 0.05) is 37.8 Å². The number of rotatable bonds is 5. The van der Waals surface area contributed by atoms with Gasteiger partial charge in [0.05, 0.1) is 6.20 Å². The second-order valence-corrected chi connectivity index (χ2v) is 11.5. The van der Waals surface area contributed by atoms with Crippen LogP contribution in [0.3, 0.4) is 0 Å². The number of benzene rings is 1. The molecule has 1 spiro atoms. The summed E-state index contributed by atoms with van der Waals surface area (Å²) in [6, 6.07) is 6.51. The van der Waals surface area contributed by atoms with E-state index in [-0.39, 0.29) is 36.6 Å². The summed E-state index contributed by atoms with van der Waals surface area (Å²) >= 11 is 0. The lowest BCUT2D eigenvalue weighted by atomic mass is 9.77. The van der Waals surface area contributed by atoms with Crippen molar-refractivity contribution in [2.75, 3.05) is 20.1 Å². The average molecular weight is 504 g/mol. The van der Waals surface area contributed by atoms with E-state index >= 15 is 4.39 Å². The van der Waals surface area contributed by atoms with Gasteiger partial charge >= 0.3 is 0 Å². The zero-order chi connectivity index (χ0) is 25.8. The number of aromatic nitrogens is 1. The number of allylic oxidation sites excluding steroid dienone is 1. The molecular formula is C24H27F2N5O3S. The Morgan fingerprint density at radius 1 is 1.26 bits per heavy atom. The minimum atomic E-state index is -4.06. The lowest BCUT2D eigenvalue weighted by Crippen LogP contribution is -2.65. The minimum absolute atomic E-state index is 0.0260. The molecular weight excluding hydrogens is 476 g/mol. The van der Waals surface area contributed by atoms with Gasteiger partial charge in [0.15, 0.2) is 5.78 Å². The standard InChI is InChI=1S/C24H27F2N5O3S/c1-15(2)31-10-9-24(14-31)23(3,29-22(27)30(4)35(24,33)34)18-11-16(5-7-19(18)26)12-21(32)20-8-6-17(25)13-28-20/h5-8,11,13H,1,9-10,12,14H2,2-4H3,(H2,27,29)/t23-,24?/m1/s1. The van der Waals surface area contributed by atoms with Gasteiger partial charge in [-0.15, -0.1) is 0 Å². The maximum absolute atomic E-state index is 15.4. The number of carbonyl (C=O) groups excluding carboxylic acids is 1. The van der Waals surface area contributed by atoms with Gasteiger partial charge in [0.25, 0.3) is 0 Å². The molecule has 11 heteroatoms. The first-order valence-corrected chi connectivity index (χ1v) is 12.4. The fourth-order valence-electron chi connectivity index (χ4n) is 4.93. The monoisotopic (exact) mass is 503 g/mol. The normalized spacial score (nSPS) is 25.6. The molecule has 4 rings (SSSR count). The number of hydrogen-bond acceptors (Lipinski definition) is 7. The van der Waals surface area contributed by atoms with Crippen LogP contribution in [0.1, 0.15) is 41.9 Å². The van der Waals surface area contributed by atoms with E-state index < -0.39 is 37.7 Å². The van der Waals surface area contributed by atoms with Gasteiger partial charge in [-0.1, -0.05) is 12.6 Å². The van der Waals surface area contributed by atoms with Crippen LogP contribution < -0.4 is 5.73 Å². The maximum Gasteiger partial charge on any atom is 0.247 e. The molecule has 0 aliphatic carbocycles. The predicted octanol–water partition coefficient (Wildman–Crippen LogP) is 2.57. The van der Waals surface area contributed by atoms with Crippen LogP contribution >= 0.6 is 0 Å². The van der Waals surface area contributed by atoms with Crippen molar-refractivity contribution in [2.45, 2.75) is 37.0 Å². The van der Waals surface area contributed by atoms with E-state index in [4.69, 9.17) is 5.73 Å². The second kappa shape index (κ2) is 8.40. The van der Waals surface area contributed by atoms with Gasteiger partial charge in [-0.05, 0) is 50.1 Å². The van der Waals surface area contributed by atoms with E-state index in [1.807, 2.05) is 4.90 Å². The number of nitrogens with zero attached hydrogens (tertiary/aromatic N) is 4. The zero-order valence-corrected chi connectivity index (χ0v) is 20.6. The average Bonchev–Trinajstić information content (AvgIpc) is 3.27. The Hall–Kier alpha value is -3.34. The molecule has 0 bridgehead atoms. The summed E-state index contributed by atoms with van der Waals surface area (Å²) in [4.78, 5) is 22.9. The molecule has 2 aliphatic heterocycles. The van der Waals surface area contributed by atoms with Crippen LogP contribution in [0, 0.1) is 11.6 Å². The number of aliphatic imine (C=N–C) groups is 1. The van der Waals surface area contributed by atoms with E-state index in [0.29, 0.717) is 17.8 Å². The maximum atomic E-state index is 15.4. The zero-order valence-electron chi connectivity index (χ0n) is 19.8. The molecule has 2 aliphatic rings. The first-order chi connectivity index (χ1) is 16.3. The first kappa shape index (κ1) is 24.8. The van der Waals surface area contributed by atoms with E-state index in [2.05, 4.69) is 16.6 Å². The molecule has 0 radical (unpaired) electrons. The van der Waals surface area contributed by atoms with Crippen LogP contribution in [0.2, 0.25) is 0 Å². The first-order valence-electron chi connectivity index (χ1n) is 11.0. The number of pyridine rings is 1. The Labute approximate surface area is 203 Å². The van der Waals surface area contributed by atoms with Crippen molar-refractivity contribution in [1.82, 2.24) is 14.2 Å². The Morgan fingerprint density at radius 2 is 1.97 bits per heavy atom. The van der Waals surface area contributed by atoms with Gasteiger partial charge < -0.3 is 10.6 Å². The third-order valence-electron chi connectivity index (χ3n) is 7.11. The van der Waals surface area contributed by atoms with E-state index in [0.717, 1.165) is 16.6 Å². The van der Waals surface area contributed by atoms with E-state index in [1.54, 1.807) is 13.8 Å². The van der Waals surface area contributed by atoms with Crippen LogP contribution in [0.25, 0.3) is 0 Å². The van der Waals surface area contributed by atoms with Crippen LogP contribution in [0.5, 0.6) is 0 Å². The van der Waals surface area contributed by atoms with Crippen LogP contribution in [-0.2, 0) is 22.0 Å². The van der Waals surface area contributed by atoms with Crippen molar-refractivity contribution in [3.05, 3.63) is 77.3 Å². The van der Waals surface area contributed by atoms with Crippen molar-refractivity contribution in [3.63, 3.8) is 0 Å². The van der Waals surface area contributed by atoms with Crippen LogP contribution in [0.4, 0.5) is 8.78 Å². The smallest absolute Gasteiger partial charge is 0.247 e. The van der Waals surface area contributed by atoms with Gasteiger partial charge in [-0.2, -0.15) is 0 Å². The third-order valence-corrected chi connectivity index (χ3v) is 9.73. The fourth-order valence-corrected chi connectivity index (χ4v) is 7.07. The summed E-state index contributed by atoms with van der Waals surface area (Å²) in [6.45, 7) is 7.75. The molecule has 0 amide bonds. The van der Waals surface area contributed by atoms with E-state index in [9.17, 15) is 17.6 Å².